The summed E-state index contributed by atoms with van der Waals surface area (Å²) >= 11 is 0. The van der Waals surface area contributed by atoms with Crippen LogP contribution < -0.4 is 15.4 Å². The minimum Gasteiger partial charge on any atom is -0.484 e. The van der Waals surface area contributed by atoms with Gasteiger partial charge in [0.1, 0.15) is 22.9 Å². The molecule has 1 amide bonds. The number of carbonyl (C=O) groups excluding carboxylic acids is 1. The van der Waals surface area contributed by atoms with Crippen molar-refractivity contribution in [3.05, 3.63) is 53.0 Å². The van der Waals surface area contributed by atoms with Crippen molar-refractivity contribution < 1.29 is 19.1 Å². The highest BCUT2D eigenvalue weighted by Crippen LogP contribution is 2.26. The first kappa shape index (κ1) is 27.8. The molecule has 1 aromatic carbocycles. The van der Waals surface area contributed by atoms with Crippen LogP contribution in [0.25, 0.3) is 0 Å². The van der Waals surface area contributed by atoms with E-state index >= 15 is 0 Å². The molecule has 0 saturated heterocycles. The quantitative estimate of drug-likeness (QED) is 0.249. The largest absolute Gasteiger partial charge is 0.484 e. The van der Waals surface area contributed by atoms with Gasteiger partial charge in [-0.3, -0.25) is 4.79 Å². The molecule has 1 aromatic heterocycles. The maximum atomic E-state index is 11.7. The topological polar surface area (TPSA) is 99.3 Å². The van der Waals surface area contributed by atoms with Crippen LogP contribution in [0.2, 0.25) is 0 Å². The third kappa shape index (κ3) is 8.34. The summed E-state index contributed by atoms with van der Waals surface area (Å²) in [6, 6.07) is 9.35. The number of hydrogen-bond acceptors (Lipinski definition) is 5. The van der Waals surface area contributed by atoms with Crippen LogP contribution in [0.1, 0.15) is 36.5 Å². The number of furan rings is 1. The Kier molecular flexibility index (Phi) is 11.0. The van der Waals surface area contributed by atoms with Gasteiger partial charge in [0, 0.05) is 26.2 Å². The van der Waals surface area contributed by atoms with Crippen LogP contribution in [0.5, 0.6) is 5.75 Å². The lowest BCUT2D eigenvalue weighted by atomic mass is 9.96. The summed E-state index contributed by atoms with van der Waals surface area (Å²) in [6.45, 7) is 8.80. The van der Waals surface area contributed by atoms with Gasteiger partial charge in [0.15, 0.2) is 12.6 Å². The molecule has 3 N–H and O–H groups in total. The molecule has 2 aromatic rings. The van der Waals surface area contributed by atoms with Crippen molar-refractivity contribution >= 4 is 35.8 Å². The zero-order valence-corrected chi connectivity index (χ0v) is 22.0. The van der Waals surface area contributed by atoms with Crippen LogP contribution in [0.4, 0.5) is 0 Å². The Morgan fingerprint density at radius 1 is 1.25 bits per heavy atom. The van der Waals surface area contributed by atoms with E-state index in [0.29, 0.717) is 30.6 Å². The van der Waals surface area contributed by atoms with Crippen molar-refractivity contribution in [2.75, 3.05) is 33.8 Å². The lowest BCUT2D eigenvalue weighted by Crippen LogP contribution is -2.44. The molecule has 0 radical (unpaired) electrons. The fraction of sp³-hybridized carbons (Fsp3) is 0.478. The molecule has 0 fully saturated rings. The lowest BCUT2D eigenvalue weighted by molar-refractivity contribution is -0.130. The third-order valence-electron chi connectivity index (χ3n) is 4.74. The molecule has 1 atom stereocenters. The highest BCUT2D eigenvalue weighted by molar-refractivity contribution is 14.0. The van der Waals surface area contributed by atoms with Gasteiger partial charge < -0.3 is 29.8 Å². The molecule has 0 bridgehead atoms. The summed E-state index contributed by atoms with van der Waals surface area (Å²) in [5, 5.41) is 17.3. The van der Waals surface area contributed by atoms with Gasteiger partial charge in [-0.05, 0) is 51.5 Å². The molecule has 0 aliphatic heterocycles. The predicted octanol–water partition coefficient (Wildman–Crippen LogP) is 2.94. The van der Waals surface area contributed by atoms with Crippen LogP contribution in [-0.2, 0) is 16.9 Å². The number of guanidine groups is 1. The number of carbonyl (C=O) groups is 1. The Labute approximate surface area is 207 Å². The molecule has 178 valence electrons. The summed E-state index contributed by atoms with van der Waals surface area (Å²) in [6.07, 6.45) is 0. The fourth-order valence-corrected chi connectivity index (χ4v) is 3.04. The number of hydrogen-bond donors (Lipinski definition) is 3. The van der Waals surface area contributed by atoms with E-state index in [1.165, 1.54) is 4.90 Å². The molecule has 0 spiro atoms. The monoisotopic (exact) mass is 558 g/mol. The molecule has 9 heteroatoms. The number of aryl methyl sites for hydroxylation is 2. The zero-order valence-electron chi connectivity index (χ0n) is 19.7. The molecule has 32 heavy (non-hydrogen) atoms. The second kappa shape index (κ2) is 12.7. The molecule has 1 unspecified atom stereocenters. The Morgan fingerprint density at radius 2 is 1.97 bits per heavy atom. The third-order valence-corrected chi connectivity index (χ3v) is 4.74. The molecule has 0 aliphatic rings. The van der Waals surface area contributed by atoms with Crippen molar-refractivity contribution in [1.82, 2.24) is 15.5 Å². The average Bonchev–Trinajstić information content (AvgIpc) is 3.07. The van der Waals surface area contributed by atoms with E-state index in [-0.39, 0.29) is 43.0 Å². The molecular weight excluding hydrogens is 523 g/mol. The minimum atomic E-state index is -1.11. The summed E-state index contributed by atoms with van der Waals surface area (Å²) in [7, 11) is 3.39. The highest BCUT2D eigenvalue weighted by atomic mass is 127. The second-order valence-corrected chi connectivity index (χ2v) is 7.87. The van der Waals surface area contributed by atoms with Gasteiger partial charge in [-0.2, -0.15) is 0 Å². The number of likely N-dealkylation sites (N-methyl/N-ethyl adjacent to an activating group) is 1. The van der Waals surface area contributed by atoms with E-state index < -0.39 is 5.60 Å². The van der Waals surface area contributed by atoms with Crippen LogP contribution in [0, 0.1) is 13.8 Å². The van der Waals surface area contributed by atoms with Gasteiger partial charge in [-0.25, -0.2) is 4.99 Å². The zero-order chi connectivity index (χ0) is 23.0. The van der Waals surface area contributed by atoms with Gasteiger partial charge in [-0.15, -0.1) is 24.0 Å². The van der Waals surface area contributed by atoms with E-state index in [9.17, 15) is 9.90 Å². The van der Waals surface area contributed by atoms with Crippen LogP contribution in [0.3, 0.4) is 0 Å². The van der Waals surface area contributed by atoms with Crippen molar-refractivity contribution in [2.45, 2.75) is 39.8 Å². The normalized spacial score (nSPS) is 13.0. The van der Waals surface area contributed by atoms with Gasteiger partial charge in [0.05, 0.1) is 13.1 Å². The molecule has 1 heterocycles. The maximum Gasteiger partial charge on any atom is 0.259 e. The number of aliphatic imine (C=N–C) groups is 1. The van der Waals surface area contributed by atoms with Gasteiger partial charge in [-0.1, -0.05) is 12.1 Å². The number of halogens is 1. The summed E-state index contributed by atoms with van der Waals surface area (Å²) < 4.78 is 11.1. The lowest BCUT2D eigenvalue weighted by Gasteiger charge is -2.24. The fourth-order valence-electron chi connectivity index (χ4n) is 3.04. The molecule has 2 rings (SSSR count). The van der Waals surface area contributed by atoms with Gasteiger partial charge in [0.25, 0.3) is 5.91 Å². The van der Waals surface area contributed by atoms with E-state index in [2.05, 4.69) is 15.6 Å². The standard InChI is InChI=1S/C23H34N4O4.HI/c1-7-24-22(26-15-23(4,29)20-11-16(2)31-17(20)3)25-13-18-9-8-10-19(12-18)30-14-21(28)27(5)6;/h8-12,29H,7,13-15H2,1-6H3,(H2,24,25,26);1H. The molecule has 0 saturated carbocycles. The number of nitrogens with zero attached hydrogens (tertiary/aromatic N) is 2. The van der Waals surface area contributed by atoms with Gasteiger partial charge in [0.2, 0.25) is 0 Å². The Hall–Kier alpha value is -2.27. The molecule has 0 aliphatic carbocycles. The van der Waals surface area contributed by atoms with Crippen molar-refractivity contribution in [3.8, 4) is 5.75 Å². The van der Waals surface area contributed by atoms with Crippen LogP contribution >= 0.6 is 24.0 Å². The number of nitrogens with one attached hydrogen (secondary N) is 2. The van der Waals surface area contributed by atoms with Crippen molar-refractivity contribution in [3.63, 3.8) is 0 Å². The average molecular weight is 558 g/mol. The highest BCUT2D eigenvalue weighted by Gasteiger charge is 2.27. The molecule has 8 nitrogen and oxygen atoms in total. The number of ether oxygens (including phenoxy) is 1. The van der Waals surface area contributed by atoms with Crippen LogP contribution in [0.15, 0.2) is 39.7 Å². The van der Waals surface area contributed by atoms with Crippen molar-refractivity contribution in [1.29, 1.82) is 0 Å². The van der Waals surface area contributed by atoms with Gasteiger partial charge >= 0.3 is 0 Å². The Bertz CT molecular complexity index is 909. The van der Waals surface area contributed by atoms with E-state index in [0.717, 1.165) is 16.9 Å². The van der Waals surface area contributed by atoms with Crippen molar-refractivity contribution in [2.24, 2.45) is 4.99 Å². The van der Waals surface area contributed by atoms with E-state index in [1.54, 1.807) is 21.0 Å². The number of amides is 1. The molecular formula is C23H35IN4O4. The first-order valence-corrected chi connectivity index (χ1v) is 10.4. The Morgan fingerprint density at radius 3 is 2.56 bits per heavy atom. The van der Waals surface area contributed by atoms with Crippen LogP contribution in [-0.4, -0.2) is 55.7 Å². The second-order valence-electron chi connectivity index (χ2n) is 7.87. The minimum absolute atomic E-state index is 0. The number of aliphatic hydroxyl groups is 1. The first-order chi connectivity index (χ1) is 14.6. The van der Waals surface area contributed by atoms with E-state index in [4.69, 9.17) is 9.15 Å². The van der Waals surface area contributed by atoms with E-state index in [1.807, 2.05) is 51.1 Å². The SMILES string of the molecule is CCNC(=NCc1cccc(OCC(=O)N(C)C)c1)NCC(C)(O)c1cc(C)oc1C.I. The number of benzene rings is 1. The summed E-state index contributed by atoms with van der Waals surface area (Å²) in [5.74, 6) is 2.58. The first-order valence-electron chi connectivity index (χ1n) is 10.4. The summed E-state index contributed by atoms with van der Waals surface area (Å²) in [4.78, 5) is 17.8. The summed E-state index contributed by atoms with van der Waals surface area (Å²) in [5.41, 5.74) is 0.593. The Balaban J connectivity index is 0.00000512. The number of rotatable bonds is 9. The smallest absolute Gasteiger partial charge is 0.259 e. The maximum absolute atomic E-state index is 11.7. The predicted molar refractivity (Wildman–Crippen MR) is 137 cm³/mol.